The molecule has 0 atom stereocenters. The number of hydrogen-bond acceptors (Lipinski definition) is 8. The Morgan fingerprint density at radius 2 is 1.83 bits per heavy atom. The summed E-state index contributed by atoms with van der Waals surface area (Å²) in [4.78, 5) is 33.9. The number of carbonyl (C=O) groups is 1. The molecule has 35 heavy (non-hydrogen) atoms. The van der Waals surface area contributed by atoms with Crippen molar-refractivity contribution in [1.29, 1.82) is 0 Å². The first-order chi connectivity index (χ1) is 16.7. The molecule has 0 unspecified atom stereocenters. The highest BCUT2D eigenvalue weighted by molar-refractivity contribution is 6.31. The molecular weight excluding hydrogens is 478 g/mol. The van der Waals surface area contributed by atoms with E-state index in [0.29, 0.717) is 52.6 Å². The van der Waals surface area contributed by atoms with Gasteiger partial charge in [0.05, 0.1) is 21.6 Å². The van der Waals surface area contributed by atoms with Crippen molar-refractivity contribution < 1.29 is 19.1 Å². The second-order valence-electron chi connectivity index (χ2n) is 8.01. The molecular formula is C23H20ClN5O6. The van der Waals surface area contributed by atoms with Crippen molar-refractivity contribution in [3.8, 4) is 0 Å². The van der Waals surface area contributed by atoms with E-state index < -0.39 is 27.1 Å². The van der Waals surface area contributed by atoms with Gasteiger partial charge < -0.3 is 9.73 Å². The Balaban J connectivity index is 1.64. The lowest BCUT2D eigenvalue weighted by atomic mass is 9.93. The number of aryl methyl sites for hydroxylation is 2. The van der Waals surface area contributed by atoms with Crippen molar-refractivity contribution in [3.63, 3.8) is 0 Å². The predicted molar refractivity (Wildman–Crippen MR) is 130 cm³/mol. The Morgan fingerprint density at radius 1 is 1.06 bits per heavy atom. The number of rotatable bonds is 6. The summed E-state index contributed by atoms with van der Waals surface area (Å²) in [6, 6.07) is 8.45. The van der Waals surface area contributed by atoms with E-state index in [9.17, 15) is 25.0 Å². The second kappa shape index (κ2) is 9.55. The van der Waals surface area contributed by atoms with Crippen molar-refractivity contribution >= 4 is 46.0 Å². The van der Waals surface area contributed by atoms with Crippen LogP contribution in [0.15, 0.2) is 45.9 Å². The zero-order chi connectivity index (χ0) is 25.3. The lowest BCUT2D eigenvalue weighted by molar-refractivity contribution is -0.393. The Kier molecular flexibility index (Phi) is 6.52. The number of hydrogen-bond donors (Lipinski definition) is 2. The topological polar surface area (TPSA) is 153 Å². The number of benzene rings is 2. The number of nitro benzene ring substituents is 2. The number of nitro groups is 2. The van der Waals surface area contributed by atoms with Crippen LogP contribution in [0.2, 0.25) is 5.02 Å². The van der Waals surface area contributed by atoms with Gasteiger partial charge in [-0.2, -0.15) is 5.10 Å². The molecule has 1 heterocycles. The lowest BCUT2D eigenvalue weighted by Crippen LogP contribution is -2.15. The van der Waals surface area contributed by atoms with Gasteiger partial charge in [0.25, 0.3) is 11.6 Å². The Labute approximate surface area is 204 Å². The molecule has 1 amide bonds. The Morgan fingerprint density at radius 3 is 2.54 bits per heavy atom. The van der Waals surface area contributed by atoms with Gasteiger partial charge in [-0.25, -0.2) is 0 Å². The Hall–Kier alpha value is -4.25. The molecule has 0 aliphatic heterocycles. The normalized spacial score (nSPS) is 13.9. The SMILES string of the molecule is Cc1ccc(Cl)cc1NC(=O)c1oc2c(c1C)/C(=N/Nc1ccc([N+](=O)[O-])cc1[N+](=O)[O-])CCC2. The third-order valence-electron chi connectivity index (χ3n) is 5.68. The number of fused-ring (bicyclic) bond motifs is 1. The fourth-order valence-corrected chi connectivity index (χ4v) is 4.08. The zero-order valence-corrected chi connectivity index (χ0v) is 19.5. The molecule has 0 radical (unpaired) electrons. The molecule has 0 bridgehead atoms. The molecule has 2 aromatic carbocycles. The molecule has 0 fully saturated rings. The molecule has 180 valence electrons. The summed E-state index contributed by atoms with van der Waals surface area (Å²) in [5.74, 6) is 0.311. The van der Waals surface area contributed by atoms with E-state index in [-0.39, 0.29) is 11.4 Å². The lowest BCUT2D eigenvalue weighted by Gasteiger charge is -2.14. The zero-order valence-electron chi connectivity index (χ0n) is 18.8. The van der Waals surface area contributed by atoms with Crippen LogP contribution >= 0.6 is 11.6 Å². The fraction of sp³-hybridized carbons (Fsp3) is 0.217. The molecule has 12 heteroatoms. The number of halogens is 1. The molecule has 1 aliphatic carbocycles. The summed E-state index contributed by atoms with van der Waals surface area (Å²) in [6.45, 7) is 3.59. The van der Waals surface area contributed by atoms with Gasteiger partial charge in [-0.3, -0.25) is 30.4 Å². The smallest absolute Gasteiger partial charge is 0.301 e. The largest absolute Gasteiger partial charge is 0.455 e. The number of amides is 1. The summed E-state index contributed by atoms with van der Waals surface area (Å²) in [5.41, 5.74) is 5.03. The van der Waals surface area contributed by atoms with Crippen LogP contribution in [0.25, 0.3) is 0 Å². The number of furan rings is 1. The van der Waals surface area contributed by atoms with Gasteiger partial charge in [0.1, 0.15) is 11.4 Å². The van der Waals surface area contributed by atoms with Gasteiger partial charge in [0.15, 0.2) is 5.76 Å². The molecule has 1 aliphatic rings. The number of nitrogens with one attached hydrogen (secondary N) is 2. The van der Waals surface area contributed by atoms with Crippen molar-refractivity contribution in [3.05, 3.63) is 89.9 Å². The number of carbonyl (C=O) groups excluding carboxylic acids is 1. The molecule has 11 nitrogen and oxygen atoms in total. The first-order valence-corrected chi connectivity index (χ1v) is 11.0. The molecule has 1 aromatic heterocycles. The highest BCUT2D eigenvalue weighted by atomic mass is 35.5. The minimum atomic E-state index is -0.717. The van der Waals surface area contributed by atoms with Crippen molar-refractivity contribution in [2.45, 2.75) is 33.1 Å². The summed E-state index contributed by atoms with van der Waals surface area (Å²) >= 11 is 6.05. The highest BCUT2D eigenvalue weighted by Gasteiger charge is 2.28. The molecule has 0 saturated carbocycles. The van der Waals surface area contributed by atoms with E-state index in [1.807, 2.05) is 6.92 Å². The molecule has 2 N–H and O–H groups in total. The Bertz CT molecular complexity index is 1400. The van der Waals surface area contributed by atoms with Crippen LogP contribution in [0.5, 0.6) is 0 Å². The predicted octanol–water partition coefficient (Wildman–Crippen LogP) is 5.77. The minimum absolute atomic E-state index is 0.00997. The molecule has 3 aromatic rings. The van der Waals surface area contributed by atoms with Crippen LogP contribution < -0.4 is 10.7 Å². The van der Waals surface area contributed by atoms with Gasteiger partial charge in [0.2, 0.25) is 0 Å². The summed E-state index contributed by atoms with van der Waals surface area (Å²) in [7, 11) is 0. The van der Waals surface area contributed by atoms with E-state index in [0.717, 1.165) is 17.7 Å². The van der Waals surface area contributed by atoms with Gasteiger partial charge in [-0.1, -0.05) is 17.7 Å². The van der Waals surface area contributed by atoms with E-state index in [1.165, 1.54) is 6.07 Å². The number of hydrazone groups is 1. The molecule has 0 spiro atoms. The maximum atomic E-state index is 13.0. The quantitative estimate of drug-likeness (QED) is 0.323. The maximum Gasteiger partial charge on any atom is 0.301 e. The summed E-state index contributed by atoms with van der Waals surface area (Å²) in [5, 5.41) is 30.0. The van der Waals surface area contributed by atoms with Crippen LogP contribution in [0.4, 0.5) is 22.7 Å². The average Bonchev–Trinajstić information content (AvgIpc) is 3.17. The van der Waals surface area contributed by atoms with E-state index in [1.54, 1.807) is 25.1 Å². The first-order valence-electron chi connectivity index (χ1n) is 10.6. The van der Waals surface area contributed by atoms with Gasteiger partial charge in [0, 0.05) is 34.3 Å². The van der Waals surface area contributed by atoms with Gasteiger partial charge >= 0.3 is 5.69 Å². The van der Waals surface area contributed by atoms with Crippen LogP contribution in [-0.4, -0.2) is 21.5 Å². The minimum Gasteiger partial charge on any atom is -0.455 e. The molecule has 4 rings (SSSR count). The van der Waals surface area contributed by atoms with E-state index in [4.69, 9.17) is 16.0 Å². The van der Waals surface area contributed by atoms with Gasteiger partial charge in [-0.05, 0) is 50.5 Å². The first kappa shape index (κ1) is 23.9. The highest BCUT2D eigenvalue weighted by Crippen LogP contribution is 2.33. The average molecular weight is 498 g/mol. The van der Waals surface area contributed by atoms with Crippen molar-refractivity contribution in [2.75, 3.05) is 10.7 Å². The monoisotopic (exact) mass is 497 g/mol. The fourth-order valence-electron chi connectivity index (χ4n) is 3.91. The number of nitrogens with zero attached hydrogens (tertiary/aromatic N) is 3. The number of anilines is 2. The van der Waals surface area contributed by atoms with Crippen LogP contribution in [-0.2, 0) is 6.42 Å². The van der Waals surface area contributed by atoms with E-state index >= 15 is 0 Å². The van der Waals surface area contributed by atoms with Gasteiger partial charge in [-0.15, -0.1) is 0 Å². The van der Waals surface area contributed by atoms with Crippen LogP contribution in [0, 0.1) is 34.1 Å². The third kappa shape index (κ3) is 4.85. The summed E-state index contributed by atoms with van der Waals surface area (Å²) in [6.07, 6.45) is 1.86. The second-order valence-corrected chi connectivity index (χ2v) is 8.44. The maximum absolute atomic E-state index is 13.0. The van der Waals surface area contributed by atoms with Crippen molar-refractivity contribution in [1.82, 2.24) is 0 Å². The van der Waals surface area contributed by atoms with Crippen molar-refractivity contribution in [2.24, 2.45) is 5.10 Å². The van der Waals surface area contributed by atoms with Crippen LogP contribution in [0.1, 0.15) is 45.8 Å². The number of non-ortho nitro benzene ring substituents is 1. The van der Waals surface area contributed by atoms with E-state index in [2.05, 4.69) is 15.8 Å². The molecule has 0 saturated heterocycles. The summed E-state index contributed by atoms with van der Waals surface area (Å²) < 4.78 is 5.89. The third-order valence-corrected chi connectivity index (χ3v) is 5.91. The van der Waals surface area contributed by atoms with Crippen LogP contribution in [0.3, 0.4) is 0 Å². The standard InChI is InChI=1S/C23H20ClN5O6/c1-12-6-7-14(24)10-18(12)25-23(30)22-13(2)21-17(4-3-5-20(21)35-22)27-26-16-9-8-15(28(31)32)11-19(16)29(33)34/h6-11,26H,3-5H2,1-2H3,(H,25,30)/b27-17+.